The van der Waals surface area contributed by atoms with Gasteiger partial charge in [-0.2, -0.15) is 26.3 Å². The summed E-state index contributed by atoms with van der Waals surface area (Å²) in [5.41, 5.74) is 12.2. The van der Waals surface area contributed by atoms with E-state index in [4.69, 9.17) is 6.57 Å². The molecule has 8 heteroatoms. The number of para-hydroxylation sites is 2. The van der Waals surface area contributed by atoms with Gasteiger partial charge in [0.25, 0.3) is 0 Å². The van der Waals surface area contributed by atoms with Crippen LogP contribution in [0.2, 0.25) is 0 Å². The van der Waals surface area contributed by atoms with Crippen molar-refractivity contribution in [2.75, 3.05) is 0 Å². The lowest BCUT2D eigenvalue weighted by molar-refractivity contribution is 1.10. The molecule has 0 unspecified atom stereocenters. The molecular weight excluding hydrogens is 761 g/mol. The molecule has 0 radical (unpaired) electrons. The number of benzene rings is 8. The molecule has 10 aromatic rings. The van der Waals surface area contributed by atoms with Crippen molar-refractivity contribution in [3.8, 4) is 75.1 Å². The second-order valence-electron chi connectivity index (χ2n) is 14.8. The van der Waals surface area contributed by atoms with Gasteiger partial charge < -0.3 is 9.13 Å². The summed E-state index contributed by atoms with van der Waals surface area (Å²) >= 11 is 0. The van der Waals surface area contributed by atoms with Crippen molar-refractivity contribution in [3.05, 3.63) is 197 Å². The highest BCUT2D eigenvalue weighted by atomic mass is 15.1. The SMILES string of the molecule is [C-]#[N+]c1cc(-n2c3ccccc3c3cc(-c4ccc(C#N)cc4C#N)ccc32)c(-n2c3ccccc3c3cc(-c4ccc(C#N)cc4C#N)ccc32)cc1-c1cccc(C#N)c1. The summed E-state index contributed by atoms with van der Waals surface area (Å²) in [6.45, 7) is 8.50. The zero-order valence-corrected chi connectivity index (χ0v) is 32.6. The fourth-order valence-corrected chi connectivity index (χ4v) is 8.72. The molecule has 0 atom stereocenters. The minimum absolute atomic E-state index is 0.407. The van der Waals surface area contributed by atoms with Crippen LogP contribution in [0.1, 0.15) is 27.8 Å². The molecule has 8 aromatic carbocycles. The van der Waals surface area contributed by atoms with Gasteiger partial charge in [0.05, 0.1) is 98.2 Å². The van der Waals surface area contributed by atoms with Gasteiger partial charge in [-0.3, -0.25) is 0 Å². The molecule has 0 aliphatic rings. The number of nitrogens with zero attached hydrogens (tertiary/aromatic N) is 8. The van der Waals surface area contributed by atoms with Crippen LogP contribution in [-0.4, -0.2) is 9.13 Å². The summed E-state index contributed by atoms with van der Waals surface area (Å²) in [6, 6.07) is 61.1. The van der Waals surface area contributed by atoms with Crippen LogP contribution >= 0.6 is 0 Å². The van der Waals surface area contributed by atoms with Gasteiger partial charge in [0.15, 0.2) is 5.69 Å². The molecular formula is C54H26N8. The molecule has 10 rings (SSSR count). The summed E-state index contributed by atoms with van der Waals surface area (Å²) in [5, 5.41) is 52.9. The van der Waals surface area contributed by atoms with Crippen LogP contribution in [0.15, 0.2) is 158 Å². The lowest BCUT2D eigenvalue weighted by atomic mass is 9.97. The number of hydrogen-bond donors (Lipinski definition) is 0. The van der Waals surface area contributed by atoms with Gasteiger partial charge >= 0.3 is 0 Å². The van der Waals surface area contributed by atoms with Gasteiger partial charge in [-0.15, -0.1) is 0 Å². The Hall–Kier alpha value is -9.70. The predicted octanol–water partition coefficient (Wildman–Crippen LogP) is 12.8. The van der Waals surface area contributed by atoms with E-state index in [-0.39, 0.29) is 0 Å². The molecule has 0 saturated carbocycles. The van der Waals surface area contributed by atoms with Crippen LogP contribution in [0, 0.1) is 63.2 Å². The van der Waals surface area contributed by atoms with Crippen LogP contribution in [-0.2, 0) is 0 Å². The Morgan fingerprint density at radius 2 is 0.839 bits per heavy atom. The molecule has 2 heterocycles. The average Bonchev–Trinajstić information content (AvgIpc) is 3.85. The molecule has 0 fully saturated rings. The minimum atomic E-state index is 0.407. The highest BCUT2D eigenvalue weighted by Gasteiger charge is 2.23. The number of aromatic nitrogens is 2. The van der Waals surface area contributed by atoms with Gasteiger partial charge in [-0.05, 0) is 118 Å². The van der Waals surface area contributed by atoms with E-state index >= 15 is 0 Å². The van der Waals surface area contributed by atoms with Crippen LogP contribution in [0.4, 0.5) is 5.69 Å². The molecule has 2 aromatic heterocycles. The second-order valence-corrected chi connectivity index (χ2v) is 14.8. The lowest BCUT2D eigenvalue weighted by Crippen LogP contribution is -2.04. The maximum Gasteiger partial charge on any atom is 0.197 e. The first-order chi connectivity index (χ1) is 30.5. The molecule has 282 valence electrons. The Labute approximate surface area is 355 Å². The molecule has 0 N–H and O–H groups in total. The third-order valence-electron chi connectivity index (χ3n) is 11.5. The highest BCUT2D eigenvalue weighted by Crippen LogP contribution is 2.44. The first-order valence-electron chi connectivity index (χ1n) is 19.5. The van der Waals surface area contributed by atoms with E-state index < -0.39 is 0 Å². The summed E-state index contributed by atoms with van der Waals surface area (Å²) in [5.74, 6) is 0. The average molecular weight is 787 g/mol. The van der Waals surface area contributed by atoms with Gasteiger partial charge in [0.2, 0.25) is 0 Å². The smallest absolute Gasteiger partial charge is 0.197 e. The van der Waals surface area contributed by atoms with Crippen molar-refractivity contribution in [2.24, 2.45) is 0 Å². The molecule has 8 nitrogen and oxygen atoms in total. The van der Waals surface area contributed by atoms with Crippen molar-refractivity contribution < 1.29 is 0 Å². The number of nitriles is 5. The first kappa shape index (κ1) is 36.6. The monoisotopic (exact) mass is 786 g/mol. The standard InChI is InChI=1S/C54H26N8/c1-60-48-27-54(62-50-12-5-3-10-44(50)47-25-38(16-20-52(47)62)42-18-14-35(30-57)23-40(42)32-59)53(26-45(48)36-8-6-7-33(21-36)28-55)61-49-11-4-2-9-43(49)46-24-37(15-19-51(46)61)41-17-13-34(29-56)22-39(41)31-58/h2-27H. The van der Waals surface area contributed by atoms with Crippen LogP contribution in [0.25, 0.3) is 93.2 Å². The van der Waals surface area contributed by atoms with Crippen LogP contribution in [0.3, 0.4) is 0 Å². The summed E-state index contributed by atoms with van der Waals surface area (Å²) in [6.07, 6.45) is 0. The van der Waals surface area contributed by atoms with Crippen molar-refractivity contribution in [1.29, 1.82) is 26.3 Å². The molecule has 0 amide bonds. The number of rotatable bonds is 5. The van der Waals surface area contributed by atoms with Crippen LogP contribution in [0.5, 0.6) is 0 Å². The third-order valence-corrected chi connectivity index (χ3v) is 11.5. The largest absolute Gasteiger partial charge is 0.308 e. The molecule has 0 aliphatic carbocycles. The predicted molar refractivity (Wildman–Crippen MR) is 241 cm³/mol. The molecule has 0 aliphatic heterocycles. The van der Waals surface area contributed by atoms with E-state index in [0.717, 1.165) is 82.8 Å². The fraction of sp³-hybridized carbons (Fsp3) is 0. The Bertz CT molecular complexity index is 3840. The molecule has 62 heavy (non-hydrogen) atoms. The Kier molecular flexibility index (Phi) is 8.62. The Balaban J connectivity index is 1.30. The van der Waals surface area contributed by atoms with E-state index in [9.17, 15) is 26.3 Å². The van der Waals surface area contributed by atoms with E-state index in [1.165, 1.54) is 0 Å². The van der Waals surface area contributed by atoms with E-state index in [1.54, 1.807) is 36.4 Å². The highest BCUT2D eigenvalue weighted by molar-refractivity contribution is 6.13. The van der Waals surface area contributed by atoms with E-state index in [1.807, 2.05) is 78.9 Å². The van der Waals surface area contributed by atoms with Crippen molar-refractivity contribution in [3.63, 3.8) is 0 Å². The Morgan fingerprint density at radius 1 is 0.371 bits per heavy atom. The van der Waals surface area contributed by atoms with Crippen molar-refractivity contribution in [1.82, 2.24) is 9.13 Å². The summed E-state index contributed by atoms with van der Waals surface area (Å²) < 4.78 is 4.40. The zero-order chi connectivity index (χ0) is 42.5. The molecule has 0 saturated heterocycles. The summed E-state index contributed by atoms with van der Waals surface area (Å²) in [4.78, 5) is 4.09. The van der Waals surface area contributed by atoms with E-state index in [0.29, 0.717) is 39.1 Å². The second kappa shape index (κ2) is 14.6. The normalized spacial score (nSPS) is 10.8. The van der Waals surface area contributed by atoms with Gasteiger partial charge in [0, 0.05) is 21.5 Å². The first-order valence-corrected chi connectivity index (χ1v) is 19.5. The molecule has 0 bridgehead atoms. The lowest BCUT2D eigenvalue weighted by Gasteiger charge is -2.20. The minimum Gasteiger partial charge on any atom is -0.308 e. The number of hydrogen-bond acceptors (Lipinski definition) is 5. The third kappa shape index (κ3) is 5.71. The fourth-order valence-electron chi connectivity index (χ4n) is 8.72. The summed E-state index contributed by atoms with van der Waals surface area (Å²) in [7, 11) is 0. The van der Waals surface area contributed by atoms with Crippen molar-refractivity contribution >= 4 is 49.3 Å². The van der Waals surface area contributed by atoms with Gasteiger partial charge in [0.1, 0.15) is 0 Å². The zero-order valence-electron chi connectivity index (χ0n) is 32.6. The van der Waals surface area contributed by atoms with Gasteiger partial charge in [-0.25, -0.2) is 4.85 Å². The quantitative estimate of drug-likeness (QED) is 0.160. The maximum absolute atomic E-state index is 10.1. The number of fused-ring (bicyclic) bond motifs is 6. The Morgan fingerprint density at radius 3 is 1.34 bits per heavy atom. The van der Waals surface area contributed by atoms with Gasteiger partial charge in [-0.1, -0.05) is 72.8 Å². The molecule has 0 spiro atoms. The van der Waals surface area contributed by atoms with Crippen LogP contribution < -0.4 is 0 Å². The topological polar surface area (TPSA) is 133 Å². The van der Waals surface area contributed by atoms with Crippen molar-refractivity contribution in [2.45, 2.75) is 0 Å². The maximum atomic E-state index is 10.1. The van der Waals surface area contributed by atoms with E-state index in [2.05, 4.69) is 86.8 Å².